The van der Waals surface area contributed by atoms with E-state index in [1.165, 1.54) is 0 Å². The minimum atomic E-state index is 0.534. The highest BCUT2D eigenvalue weighted by Gasteiger charge is 1.99. The van der Waals surface area contributed by atoms with Gasteiger partial charge in [0.05, 0.1) is 10.0 Å². The molecule has 0 unspecified atom stereocenters. The fraction of sp³-hybridized carbons (Fsp3) is 0.200. The van der Waals surface area contributed by atoms with Gasteiger partial charge >= 0.3 is 0 Å². The molecule has 0 aliphatic rings. The lowest BCUT2D eigenvalue weighted by molar-refractivity contribution is 1.25. The van der Waals surface area contributed by atoms with Gasteiger partial charge in [-0.25, -0.2) is 0 Å². The van der Waals surface area contributed by atoms with Crippen LogP contribution in [0.25, 0.3) is 5.57 Å². The molecule has 3 heteroatoms. The predicted molar refractivity (Wildman–Crippen MR) is 59.2 cm³/mol. The highest BCUT2D eigenvalue weighted by molar-refractivity contribution is 6.42. The van der Waals surface area contributed by atoms with E-state index in [0.717, 1.165) is 11.1 Å². The van der Waals surface area contributed by atoms with E-state index in [4.69, 9.17) is 28.9 Å². The molecule has 1 aromatic rings. The van der Waals surface area contributed by atoms with Gasteiger partial charge in [0, 0.05) is 6.54 Å². The van der Waals surface area contributed by atoms with Crippen molar-refractivity contribution in [3.05, 3.63) is 39.9 Å². The van der Waals surface area contributed by atoms with Crippen molar-refractivity contribution in [3.8, 4) is 0 Å². The minimum Gasteiger partial charge on any atom is -0.327 e. The molecule has 0 spiro atoms. The number of benzene rings is 1. The Morgan fingerprint density at radius 2 is 2.08 bits per heavy atom. The molecule has 0 aliphatic carbocycles. The maximum Gasteiger partial charge on any atom is 0.0598 e. The highest BCUT2D eigenvalue weighted by atomic mass is 35.5. The van der Waals surface area contributed by atoms with E-state index in [2.05, 4.69) is 0 Å². The second kappa shape index (κ2) is 4.66. The Kier molecular flexibility index (Phi) is 3.79. The van der Waals surface area contributed by atoms with E-state index in [-0.39, 0.29) is 0 Å². The van der Waals surface area contributed by atoms with Crippen LogP contribution in [-0.4, -0.2) is 6.54 Å². The molecular weight excluding hydrogens is 205 g/mol. The third-order valence-corrected chi connectivity index (χ3v) is 2.54. The number of hydrogen-bond donors (Lipinski definition) is 1. The molecule has 1 aromatic carbocycles. The average Bonchev–Trinajstić information content (AvgIpc) is 2.10. The Morgan fingerprint density at radius 3 is 2.62 bits per heavy atom. The first kappa shape index (κ1) is 10.6. The van der Waals surface area contributed by atoms with E-state index in [1.54, 1.807) is 6.07 Å². The van der Waals surface area contributed by atoms with Crippen LogP contribution in [0.2, 0.25) is 10.0 Å². The molecule has 0 fully saturated rings. The Hall–Kier alpha value is -0.500. The van der Waals surface area contributed by atoms with Gasteiger partial charge in [-0.1, -0.05) is 35.3 Å². The Bertz CT molecular complexity index is 332. The smallest absolute Gasteiger partial charge is 0.0598 e. The zero-order valence-electron chi connectivity index (χ0n) is 7.35. The molecule has 0 saturated heterocycles. The van der Waals surface area contributed by atoms with Gasteiger partial charge in [-0.05, 0) is 30.2 Å². The lowest BCUT2D eigenvalue weighted by Gasteiger charge is -2.02. The molecule has 13 heavy (non-hydrogen) atoms. The number of nitrogens with two attached hydrogens (primary N) is 1. The van der Waals surface area contributed by atoms with Gasteiger partial charge in [0.25, 0.3) is 0 Å². The quantitative estimate of drug-likeness (QED) is 0.805. The largest absolute Gasteiger partial charge is 0.327 e. The summed E-state index contributed by atoms with van der Waals surface area (Å²) in [5, 5.41) is 1.15. The second-order valence-electron chi connectivity index (χ2n) is 2.75. The summed E-state index contributed by atoms with van der Waals surface area (Å²) in [6.45, 7) is 2.53. The summed E-state index contributed by atoms with van der Waals surface area (Å²) in [6, 6.07) is 5.55. The normalized spacial score (nSPS) is 11.8. The maximum atomic E-state index is 5.87. The van der Waals surface area contributed by atoms with Crippen LogP contribution < -0.4 is 5.73 Å². The maximum absolute atomic E-state index is 5.87. The van der Waals surface area contributed by atoms with Gasteiger partial charge in [0.1, 0.15) is 0 Å². The van der Waals surface area contributed by atoms with Crippen molar-refractivity contribution >= 4 is 28.8 Å². The van der Waals surface area contributed by atoms with E-state index >= 15 is 0 Å². The SMILES string of the molecule is C/C(=C/CN)c1ccc(Cl)c(Cl)c1. The van der Waals surface area contributed by atoms with Crippen molar-refractivity contribution in [2.24, 2.45) is 5.73 Å². The Labute approximate surface area is 88.1 Å². The van der Waals surface area contributed by atoms with Crippen LogP contribution in [0.5, 0.6) is 0 Å². The van der Waals surface area contributed by atoms with Crippen LogP contribution in [0.1, 0.15) is 12.5 Å². The first-order valence-electron chi connectivity index (χ1n) is 3.97. The summed E-state index contributed by atoms with van der Waals surface area (Å²) in [7, 11) is 0. The van der Waals surface area contributed by atoms with E-state index < -0.39 is 0 Å². The van der Waals surface area contributed by atoms with Crippen LogP contribution in [0.15, 0.2) is 24.3 Å². The fourth-order valence-electron chi connectivity index (χ4n) is 1.04. The molecule has 1 nitrogen and oxygen atoms in total. The molecule has 0 atom stereocenters. The molecule has 0 aliphatic heterocycles. The Balaban J connectivity index is 3.04. The number of halogens is 2. The van der Waals surface area contributed by atoms with Crippen molar-refractivity contribution in [3.63, 3.8) is 0 Å². The summed E-state index contributed by atoms with van der Waals surface area (Å²) in [5.41, 5.74) is 7.57. The zero-order chi connectivity index (χ0) is 9.84. The van der Waals surface area contributed by atoms with Crippen LogP contribution in [0.4, 0.5) is 0 Å². The van der Waals surface area contributed by atoms with Gasteiger partial charge in [-0.15, -0.1) is 0 Å². The Morgan fingerprint density at radius 1 is 1.38 bits per heavy atom. The van der Waals surface area contributed by atoms with Gasteiger partial charge < -0.3 is 5.73 Å². The molecular formula is C10H11Cl2N. The second-order valence-corrected chi connectivity index (χ2v) is 3.57. The summed E-state index contributed by atoms with van der Waals surface area (Å²) in [4.78, 5) is 0. The van der Waals surface area contributed by atoms with Gasteiger partial charge in [0.2, 0.25) is 0 Å². The van der Waals surface area contributed by atoms with Crippen molar-refractivity contribution < 1.29 is 0 Å². The zero-order valence-corrected chi connectivity index (χ0v) is 8.86. The molecule has 0 bridgehead atoms. The first-order valence-corrected chi connectivity index (χ1v) is 4.73. The van der Waals surface area contributed by atoms with Crippen LogP contribution in [0.3, 0.4) is 0 Å². The van der Waals surface area contributed by atoms with E-state index in [0.29, 0.717) is 16.6 Å². The molecule has 0 aromatic heterocycles. The van der Waals surface area contributed by atoms with E-state index in [9.17, 15) is 0 Å². The topological polar surface area (TPSA) is 26.0 Å². The van der Waals surface area contributed by atoms with Crippen LogP contribution in [0, 0.1) is 0 Å². The molecule has 1 rings (SSSR count). The summed E-state index contributed by atoms with van der Waals surface area (Å²) >= 11 is 11.7. The van der Waals surface area contributed by atoms with Crippen molar-refractivity contribution in [1.29, 1.82) is 0 Å². The predicted octanol–water partition coefficient (Wildman–Crippen LogP) is 3.36. The molecule has 0 heterocycles. The van der Waals surface area contributed by atoms with Gasteiger partial charge in [0.15, 0.2) is 0 Å². The number of rotatable bonds is 2. The van der Waals surface area contributed by atoms with Crippen molar-refractivity contribution in [2.75, 3.05) is 6.54 Å². The van der Waals surface area contributed by atoms with Gasteiger partial charge in [-0.2, -0.15) is 0 Å². The van der Waals surface area contributed by atoms with Crippen LogP contribution >= 0.6 is 23.2 Å². The van der Waals surface area contributed by atoms with Crippen molar-refractivity contribution in [2.45, 2.75) is 6.92 Å². The molecule has 0 radical (unpaired) electrons. The highest BCUT2D eigenvalue weighted by Crippen LogP contribution is 2.25. The summed E-state index contributed by atoms with van der Waals surface area (Å²) in [5.74, 6) is 0. The monoisotopic (exact) mass is 215 g/mol. The van der Waals surface area contributed by atoms with Gasteiger partial charge in [-0.3, -0.25) is 0 Å². The third-order valence-electron chi connectivity index (χ3n) is 1.80. The van der Waals surface area contributed by atoms with E-state index in [1.807, 2.05) is 25.1 Å². The fourth-order valence-corrected chi connectivity index (χ4v) is 1.33. The molecule has 70 valence electrons. The first-order chi connectivity index (χ1) is 6.15. The van der Waals surface area contributed by atoms with Crippen LogP contribution in [-0.2, 0) is 0 Å². The standard InChI is InChI=1S/C10H11Cl2N/c1-7(4-5-13)8-2-3-9(11)10(12)6-8/h2-4,6H,5,13H2,1H3/b7-4-. The average molecular weight is 216 g/mol. The lowest BCUT2D eigenvalue weighted by Crippen LogP contribution is -1.94. The third kappa shape index (κ3) is 2.73. The summed E-state index contributed by atoms with van der Waals surface area (Å²) in [6.07, 6.45) is 1.94. The van der Waals surface area contributed by atoms with Crippen molar-refractivity contribution in [1.82, 2.24) is 0 Å². The molecule has 0 amide bonds. The summed E-state index contributed by atoms with van der Waals surface area (Å²) < 4.78 is 0. The lowest BCUT2D eigenvalue weighted by atomic mass is 10.1. The minimum absolute atomic E-state index is 0.534. The number of allylic oxidation sites excluding steroid dienone is 1. The molecule has 2 N–H and O–H groups in total. The number of hydrogen-bond acceptors (Lipinski definition) is 1. The molecule has 0 saturated carbocycles.